The summed E-state index contributed by atoms with van der Waals surface area (Å²) in [6.45, 7) is 1.29. The smallest absolute Gasteiger partial charge is 0.345 e. The average molecular weight is 432 g/mol. The summed E-state index contributed by atoms with van der Waals surface area (Å²) in [5, 5.41) is 16.6. The van der Waals surface area contributed by atoms with Gasteiger partial charge in [0.15, 0.2) is 6.61 Å². The molecule has 1 amide bonds. The van der Waals surface area contributed by atoms with Crippen molar-refractivity contribution in [3.05, 3.63) is 73.6 Å². The zero-order valence-electron chi connectivity index (χ0n) is 15.0. The van der Waals surface area contributed by atoms with Gasteiger partial charge in [-0.15, -0.1) is 11.3 Å². The van der Waals surface area contributed by atoms with Crippen LogP contribution >= 0.6 is 22.9 Å². The number of thiazole rings is 1. The van der Waals surface area contributed by atoms with Gasteiger partial charge in [-0.3, -0.25) is 14.9 Å². The van der Waals surface area contributed by atoms with E-state index in [1.165, 1.54) is 17.4 Å². The van der Waals surface area contributed by atoms with E-state index in [4.69, 9.17) is 16.3 Å². The molecule has 0 aliphatic rings. The van der Waals surface area contributed by atoms with Gasteiger partial charge in [0.05, 0.1) is 15.6 Å². The lowest BCUT2D eigenvalue weighted by molar-refractivity contribution is -0.385. The molecular formula is C19H14ClN3O5S. The number of rotatable bonds is 6. The molecule has 1 aromatic heterocycles. The van der Waals surface area contributed by atoms with Crippen LogP contribution in [0.3, 0.4) is 0 Å². The van der Waals surface area contributed by atoms with Crippen LogP contribution in [0.4, 0.5) is 11.4 Å². The van der Waals surface area contributed by atoms with Crippen LogP contribution in [0.1, 0.15) is 15.4 Å². The Bertz CT molecular complexity index is 1100. The van der Waals surface area contributed by atoms with Crippen molar-refractivity contribution >= 4 is 46.2 Å². The minimum atomic E-state index is -1.01. The monoisotopic (exact) mass is 431 g/mol. The Kier molecular flexibility index (Phi) is 6.20. The second kappa shape index (κ2) is 8.80. The van der Waals surface area contributed by atoms with Crippen LogP contribution in [0.25, 0.3) is 11.3 Å². The Morgan fingerprint density at radius 1 is 1.28 bits per heavy atom. The number of nitro groups is 1. The van der Waals surface area contributed by atoms with Gasteiger partial charge in [0.2, 0.25) is 0 Å². The molecule has 1 N–H and O–H groups in total. The molecule has 148 valence electrons. The number of anilines is 1. The molecule has 2 aromatic carbocycles. The summed E-state index contributed by atoms with van der Waals surface area (Å²) in [6.07, 6.45) is 0. The highest BCUT2D eigenvalue weighted by Gasteiger charge is 2.22. The van der Waals surface area contributed by atoms with E-state index in [0.29, 0.717) is 5.69 Å². The fraction of sp³-hybridized carbons (Fsp3) is 0.105. The van der Waals surface area contributed by atoms with Crippen LogP contribution in [0.2, 0.25) is 5.02 Å². The highest BCUT2D eigenvalue weighted by Crippen LogP contribution is 2.25. The van der Waals surface area contributed by atoms with Gasteiger partial charge in [-0.25, -0.2) is 9.78 Å². The first-order valence-electron chi connectivity index (χ1n) is 8.27. The molecule has 8 nitrogen and oxygen atoms in total. The number of aromatic nitrogens is 1. The minimum absolute atomic E-state index is 0.140. The third kappa shape index (κ3) is 5.15. The number of benzene rings is 2. The highest BCUT2D eigenvalue weighted by atomic mass is 35.5. The number of ether oxygens (including phenoxy) is 1. The van der Waals surface area contributed by atoms with E-state index in [1.807, 2.05) is 18.4 Å². The maximum Gasteiger partial charge on any atom is 0.345 e. The first-order valence-corrected chi connectivity index (χ1v) is 9.53. The van der Waals surface area contributed by atoms with Crippen LogP contribution in [0.5, 0.6) is 0 Å². The van der Waals surface area contributed by atoms with E-state index in [2.05, 4.69) is 10.3 Å². The third-order valence-electron chi connectivity index (χ3n) is 3.77. The van der Waals surface area contributed by atoms with Gasteiger partial charge in [-0.2, -0.15) is 0 Å². The Labute approximate surface area is 174 Å². The van der Waals surface area contributed by atoms with Crippen molar-refractivity contribution in [2.75, 3.05) is 11.9 Å². The molecule has 0 radical (unpaired) electrons. The van der Waals surface area contributed by atoms with Crippen molar-refractivity contribution in [2.45, 2.75) is 6.92 Å². The Morgan fingerprint density at radius 2 is 2.07 bits per heavy atom. The van der Waals surface area contributed by atoms with Crippen molar-refractivity contribution in [1.29, 1.82) is 0 Å². The van der Waals surface area contributed by atoms with E-state index >= 15 is 0 Å². The van der Waals surface area contributed by atoms with E-state index in [1.54, 1.807) is 18.2 Å². The molecule has 0 fully saturated rings. The van der Waals surface area contributed by atoms with Crippen LogP contribution in [-0.4, -0.2) is 28.4 Å². The van der Waals surface area contributed by atoms with E-state index in [9.17, 15) is 19.7 Å². The minimum Gasteiger partial charge on any atom is -0.452 e. The molecule has 0 aliphatic carbocycles. The van der Waals surface area contributed by atoms with Crippen LogP contribution < -0.4 is 5.32 Å². The summed E-state index contributed by atoms with van der Waals surface area (Å²) in [5.74, 6) is -1.60. The predicted molar refractivity (Wildman–Crippen MR) is 109 cm³/mol. The standard InChI is InChI=1S/C19H14ClN3O5S/c1-11-21-16(10-29-11)12-3-2-4-14(7-12)22-18(24)9-28-19(25)15-8-13(20)5-6-17(15)23(26)27/h2-8,10H,9H2,1H3,(H,22,24). The topological polar surface area (TPSA) is 111 Å². The number of carbonyl (C=O) groups is 2. The quantitative estimate of drug-likeness (QED) is 0.350. The van der Waals surface area contributed by atoms with Crippen molar-refractivity contribution in [3.63, 3.8) is 0 Å². The van der Waals surface area contributed by atoms with E-state index < -0.39 is 29.1 Å². The molecule has 3 aromatic rings. The molecule has 10 heteroatoms. The fourth-order valence-electron chi connectivity index (χ4n) is 2.49. The largest absolute Gasteiger partial charge is 0.452 e. The number of nitrogens with one attached hydrogen (secondary N) is 1. The van der Waals surface area contributed by atoms with Gasteiger partial charge in [0.25, 0.3) is 11.6 Å². The second-order valence-electron chi connectivity index (χ2n) is 5.88. The van der Waals surface area contributed by atoms with Crippen molar-refractivity contribution in [2.24, 2.45) is 0 Å². The number of hydrogen-bond acceptors (Lipinski definition) is 7. The lowest BCUT2D eigenvalue weighted by Gasteiger charge is -2.08. The van der Waals surface area contributed by atoms with Crippen LogP contribution in [0, 0.1) is 17.0 Å². The van der Waals surface area contributed by atoms with Crippen molar-refractivity contribution in [1.82, 2.24) is 4.98 Å². The molecule has 1 heterocycles. The van der Waals surface area contributed by atoms with E-state index in [0.717, 1.165) is 28.4 Å². The fourth-order valence-corrected chi connectivity index (χ4v) is 3.28. The SMILES string of the molecule is Cc1nc(-c2cccc(NC(=O)COC(=O)c3cc(Cl)ccc3[N+](=O)[O-])c2)cs1. The molecule has 0 spiro atoms. The van der Waals surface area contributed by atoms with Crippen LogP contribution in [-0.2, 0) is 9.53 Å². The maximum atomic E-state index is 12.1. The molecule has 3 rings (SSSR count). The average Bonchev–Trinajstić information content (AvgIpc) is 3.12. The van der Waals surface area contributed by atoms with Crippen molar-refractivity contribution in [3.8, 4) is 11.3 Å². The summed E-state index contributed by atoms with van der Waals surface area (Å²) in [7, 11) is 0. The number of hydrogen-bond donors (Lipinski definition) is 1. The lowest BCUT2D eigenvalue weighted by Crippen LogP contribution is -2.21. The number of amides is 1. The van der Waals surface area contributed by atoms with Gasteiger partial charge >= 0.3 is 5.97 Å². The first kappa shape index (κ1) is 20.4. The third-order valence-corrected chi connectivity index (χ3v) is 4.78. The second-order valence-corrected chi connectivity index (χ2v) is 7.37. The predicted octanol–water partition coefficient (Wildman–Crippen LogP) is 4.48. The Balaban J connectivity index is 1.64. The number of halogens is 1. The van der Waals surface area contributed by atoms with Gasteiger partial charge in [-0.05, 0) is 31.2 Å². The number of nitrogens with zero attached hydrogens (tertiary/aromatic N) is 2. The molecule has 29 heavy (non-hydrogen) atoms. The van der Waals surface area contributed by atoms with E-state index in [-0.39, 0.29) is 10.6 Å². The Hall–Kier alpha value is -3.30. The molecular weight excluding hydrogens is 418 g/mol. The Morgan fingerprint density at radius 3 is 2.76 bits per heavy atom. The molecule has 0 saturated carbocycles. The summed E-state index contributed by atoms with van der Waals surface area (Å²) < 4.78 is 4.90. The normalized spacial score (nSPS) is 10.4. The molecule has 0 bridgehead atoms. The van der Waals surface area contributed by atoms with Gasteiger partial charge in [0.1, 0.15) is 5.56 Å². The summed E-state index contributed by atoms with van der Waals surface area (Å²) in [5.41, 5.74) is 1.35. The van der Waals surface area contributed by atoms with Gasteiger partial charge < -0.3 is 10.1 Å². The number of nitro benzene ring substituents is 1. The summed E-state index contributed by atoms with van der Waals surface area (Å²) >= 11 is 7.31. The summed E-state index contributed by atoms with van der Waals surface area (Å²) in [4.78, 5) is 39.0. The maximum absolute atomic E-state index is 12.1. The first-order chi connectivity index (χ1) is 13.8. The molecule has 0 unspecified atom stereocenters. The van der Waals surface area contributed by atoms with Gasteiger partial charge in [0, 0.05) is 27.7 Å². The number of esters is 1. The number of aryl methyl sites for hydroxylation is 1. The molecule has 0 saturated heterocycles. The highest BCUT2D eigenvalue weighted by molar-refractivity contribution is 7.09. The number of carbonyl (C=O) groups excluding carboxylic acids is 2. The zero-order valence-corrected chi connectivity index (χ0v) is 16.6. The van der Waals surface area contributed by atoms with Crippen LogP contribution in [0.15, 0.2) is 47.8 Å². The van der Waals surface area contributed by atoms with Crippen molar-refractivity contribution < 1.29 is 19.2 Å². The molecule has 0 atom stereocenters. The lowest BCUT2D eigenvalue weighted by atomic mass is 10.1. The zero-order chi connectivity index (χ0) is 21.0. The summed E-state index contributed by atoms with van der Waals surface area (Å²) in [6, 6.07) is 10.6. The van der Waals surface area contributed by atoms with Gasteiger partial charge in [-0.1, -0.05) is 23.7 Å². The molecule has 0 aliphatic heterocycles.